The fourth-order valence-corrected chi connectivity index (χ4v) is 7.00. The Morgan fingerprint density at radius 2 is 0.643 bits per heavy atom. The van der Waals surface area contributed by atoms with Gasteiger partial charge in [-0.3, -0.25) is 14.4 Å². The zero-order valence-corrected chi connectivity index (χ0v) is 37.4. The normalized spacial score (nSPS) is 12.1. The summed E-state index contributed by atoms with van der Waals surface area (Å²) in [6.45, 7) is 6.52. The van der Waals surface area contributed by atoms with Crippen LogP contribution in [0.5, 0.6) is 0 Å². The van der Waals surface area contributed by atoms with Crippen molar-refractivity contribution in [3.63, 3.8) is 0 Å². The van der Waals surface area contributed by atoms with Crippen LogP contribution in [0.4, 0.5) is 0 Å². The molecule has 0 rings (SSSR count). The summed E-state index contributed by atoms with van der Waals surface area (Å²) in [6.07, 6.45) is 50.8. The molecule has 328 valence electrons. The van der Waals surface area contributed by atoms with Gasteiger partial charge in [-0.2, -0.15) is 0 Å². The lowest BCUT2D eigenvalue weighted by Crippen LogP contribution is -2.30. The molecule has 0 aromatic carbocycles. The van der Waals surface area contributed by atoms with Gasteiger partial charge in [-0.05, 0) is 51.4 Å². The SMILES string of the molecule is CCCCCCC/C=C\C/C=C\CCCCCCCCCCCCCCCC(=O)OCC(COC(=O)CCCCCCC)OC(=O)CCCCCCCCCC. The van der Waals surface area contributed by atoms with Crippen LogP contribution in [-0.2, 0) is 28.6 Å². The fourth-order valence-electron chi connectivity index (χ4n) is 7.00. The number of esters is 3. The van der Waals surface area contributed by atoms with Gasteiger partial charge in [0.25, 0.3) is 0 Å². The maximum Gasteiger partial charge on any atom is 0.306 e. The van der Waals surface area contributed by atoms with Crippen molar-refractivity contribution >= 4 is 17.9 Å². The Kier molecular flexibility index (Phi) is 43.9. The van der Waals surface area contributed by atoms with E-state index in [-0.39, 0.29) is 31.1 Å². The molecule has 0 N–H and O–H groups in total. The van der Waals surface area contributed by atoms with Crippen LogP contribution in [0, 0.1) is 0 Å². The predicted octanol–water partition coefficient (Wildman–Crippen LogP) is 15.6. The monoisotopic (exact) mass is 789 g/mol. The Morgan fingerprint density at radius 3 is 0.982 bits per heavy atom. The van der Waals surface area contributed by atoms with E-state index in [1.165, 1.54) is 148 Å². The van der Waals surface area contributed by atoms with Crippen molar-refractivity contribution < 1.29 is 28.6 Å². The maximum absolute atomic E-state index is 12.6. The van der Waals surface area contributed by atoms with Crippen molar-refractivity contribution in [2.75, 3.05) is 13.2 Å². The van der Waals surface area contributed by atoms with Crippen LogP contribution in [-0.4, -0.2) is 37.2 Å². The molecule has 0 bridgehead atoms. The summed E-state index contributed by atoms with van der Waals surface area (Å²) in [7, 11) is 0. The number of rotatable bonds is 44. The second-order valence-corrected chi connectivity index (χ2v) is 16.4. The summed E-state index contributed by atoms with van der Waals surface area (Å²) in [5.74, 6) is -0.882. The van der Waals surface area contributed by atoms with Gasteiger partial charge >= 0.3 is 17.9 Å². The van der Waals surface area contributed by atoms with Gasteiger partial charge in [0.15, 0.2) is 6.10 Å². The molecule has 56 heavy (non-hydrogen) atoms. The second-order valence-electron chi connectivity index (χ2n) is 16.4. The van der Waals surface area contributed by atoms with Crippen molar-refractivity contribution in [1.82, 2.24) is 0 Å². The quantitative estimate of drug-likeness (QED) is 0.0265. The summed E-state index contributed by atoms with van der Waals surface area (Å²) in [6, 6.07) is 0. The van der Waals surface area contributed by atoms with E-state index in [4.69, 9.17) is 14.2 Å². The zero-order chi connectivity index (χ0) is 40.8. The first-order chi connectivity index (χ1) is 27.5. The number of carbonyl (C=O) groups excluding carboxylic acids is 3. The van der Waals surface area contributed by atoms with E-state index in [1.807, 2.05) is 0 Å². The summed E-state index contributed by atoms with van der Waals surface area (Å²) >= 11 is 0. The van der Waals surface area contributed by atoms with Gasteiger partial charge < -0.3 is 14.2 Å². The van der Waals surface area contributed by atoms with E-state index in [2.05, 4.69) is 45.1 Å². The number of allylic oxidation sites excluding steroid dienone is 4. The predicted molar refractivity (Wildman–Crippen MR) is 238 cm³/mol. The maximum atomic E-state index is 12.6. The molecule has 0 radical (unpaired) electrons. The summed E-state index contributed by atoms with van der Waals surface area (Å²) < 4.78 is 16.6. The Balaban J connectivity index is 3.95. The Morgan fingerprint density at radius 1 is 0.357 bits per heavy atom. The average molecular weight is 789 g/mol. The third-order valence-electron chi connectivity index (χ3n) is 10.7. The molecule has 0 aliphatic carbocycles. The lowest BCUT2D eigenvalue weighted by Gasteiger charge is -2.18. The Labute approximate surface area is 347 Å². The fraction of sp³-hybridized carbons (Fsp3) is 0.860. The third kappa shape index (κ3) is 43.0. The molecule has 0 saturated carbocycles. The minimum atomic E-state index is -0.760. The molecule has 0 heterocycles. The lowest BCUT2D eigenvalue weighted by molar-refractivity contribution is -0.167. The third-order valence-corrected chi connectivity index (χ3v) is 10.7. The molecule has 0 aromatic heterocycles. The van der Waals surface area contributed by atoms with Crippen LogP contribution in [0.3, 0.4) is 0 Å². The molecule has 0 saturated heterocycles. The zero-order valence-electron chi connectivity index (χ0n) is 37.4. The van der Waals surface area contributed by atoms with Gasteiger partial charge in [-0.25, -0.2) is 0 Å². The molecule has 0 aromatic rings. The summed E-state index contributed by atoms with van der Waals surface area (Å²) in [5, 5.41) is 0. The highest BCUT2D eigenvalue weighted by atomic mass is 16.6. The molecule has 0 amide bonds. The number of ether oxygens (including phenoxy) is 3. The van der Waals surface area contributed by atoms with Gasteiger partial charge in [0.2, 0.25) is 0 Å². The van der Waals surface area contributed by atoms with Gasteiger partial charge in [0.05, 0.1) is 0 Å². The molecule has 0 spiro atoms. The van der Waals surface area contributed by atoms with Crippen molar-refractivity contribution in [2.45, 2.75) is 264 Å². The van der Waals surface area contributed by atoms with Crippen molar-refractivity contribution in [3.05, 3.63) is 24.3 Å². The van der Waals surface area contributed by atoms with Gasteiger partial charge in [-0.15, -0.1) is 0 Å². The molecule has 0 aliphatic rings. The van der Waals surface area contributed by atoms with Crippen molar-refractivity contribution in [2.24, 2.45) is 0 Å². The summed E-state index contributed by atoms with van der Waals surface area (Å²) in [5.41, 5.74) is 0. The van der Waals surface area contributed by atoms with Crippen LogP contribution < -0.4 is 0 Å². The van der Waals surface area contributed by atoms with Gasteiger partial charge in [0, 0.05) is 19.3 Å². The topological polar surface area (TPSA) is 78.9 Å². The first kappa shape index (κ1) is 53.9. The highest BCUT2D eigenvalue weighted by Gasteiger charge is 2.19. The smallest absolute Gasteiger partial charge is 0.306 e. The average Bonchev–Trinajstić information content (AvgIpc) is 3.19. The standard InChI is InChI=1S/C50H92O6/c1-4-7-10-13-15-17-18-19-20-21-22-23-24-25-26-27-28-29-30-31-32-33-35-37-40-43-49(52)55-46-47(45-54-48(51)42-39-36-12-9-6-3)56-50(53)44-41-38-34-16-14-11-8-5-2/h18-19,21-22,47H,4-17,20,23-46H2,1-3H3/b19-18-,22-21-. The van der Waals surface area contributed by atoms with Crippen molar-refractivity contribution in [1.29, 1.82) is 0 Å². The lowest BCUT2D eigenvalue weighted by atomic mass is 10.0. The Bertz CT molecular complexity index is 911. The molecule has 6 nitrogen and oxygen atoms in total. The van der Waals surface area contributed by atoms with Crippen LogP contribution in [0.1, 0.15) is 258 Å². The number of hydrogen-bond acceptors (Lipinski definition) is 6. The highest BCUT2D eigenvalue weighted by Crippen LogP contribution is 2.15. The minimum absolute atomic E-state index is 0.0689. The van der Waals surface area contributed by atoms with E-state index in [9.17, 15) is 14.4 Å². The van der Waals surface area contributed by atoms with E-state index >= 15 is 0 Å². The molecular weight excluding hydrogens is 697 g/mol. The van der Waals surface area contributed by atoms with E-state index < -0.39 is 6.10 Å². The number of carbonyl (C=O) groups is 3. The number of unbranched alkanes of at least 4 members (excludes halogenated alkanes) is 29. The van der Waals surface area contributed by atoms with Gasteiger partial charge in [-0.1, -0.05) is 212 Å². The van der Waals surface area contributed by atoms with Gasteiger partial charge in [0.1, 0.15) is 13.2 Å². The molecule has 0 aliphatic heterocycles. The van der Waals surface area contributed by atoms with E-state index in [1.54, 1.807) is 0 Å². The van der Waals surface area contributed by atoms with E-state index in [0.717, 1.165) is 70.6 Å². The van der Waals surface area contributed by atoms with Crippen LogP contribution in [0.15, 0.2) is 24.3 Å². The van der Waals surface area contributed by atoms with E-state index in [0.29, 0.717) is 19.3 Å². The van der Waals surface area contributed by atoms with Crippen LogP contribution in [0.2, 0.25) is 0 Å². The molecule has 6 heteroatoms. The van der Waals surface area contributed by atoms with Crippen molar-refractivity contribution in [3.8, 4) is 0 Å². The molecule has 1 unspecified atom stereocenters. The second kappa shape index (κ2) is 45.6. The largest absolute Gasteiger partial charge is 0.462 e. The summed E-state index contributed by atoms with van der Waals surface area (Å²) in [4.78, 5) is 37.4. The molecule has 1 atom stereocenters. The first-order valence-corrected chi connectivity index (χ1v) is 24.3. The van der Waals surface area contributed by atoms with Crippen LogP contribution in [0.25, 0.3) is 0 Å². The van der Waals surface area contributed by atoms with Crippen LogP contribution >= 0.6 is 0 Å². The first-order valence-electron chi connectivity index (χ1n) is 24.3. The minimum Gasteiger partial charge on any atom is -0.462 e. The molecule has 0 fully saturated rings. The Hall–Kier alpha value is -2.11. The number of hydrogen-bond donors (Lipinski definition) is 0. The highest BCUT2D eigenvalue weighted by molar-refractivity contribution is 5.71. The molecular formula is C50H92O6.